The van der Waals surface area contributed by atoms with Crippen LogP contribution in [0.5, 0.6) is 0 Å². The van der Waals surface area contributed by atoms with Gasteiger partial charge in [0.15, 0.2) is 0 Å². The minimum absolute atomic E-state index is 0.0413. The molecule has 0 heterocycles. The van der Waals surface area contributed by atoms with E-state index in [-0.39, 0.29) is 11.9 Å². The summed E-state index contributed by atoms with van der Waals surface area (Å²) in [6.07, 6.45) is 5.04. The molecule has 2 rings (SSSR count). The van der Waals surface area contributed by atoms with Gasteiger partial charge >= 0.3 is 0 Å². The number of amides is 1. The van der Waals surface area contributed by atoms with E-state index in [0.717, 1.165) is 24.4 Å². The fraction of sp³-hybridized carbons (Fsp3) is 0.533. The molecule has 3 heteroatoms. The molecule has 0 saturated heterocycles. The van der Waals surface area contributed by atoms with Crippen molar-refractivity contribution >= 4 is 5.91 Å². The van der Waals surface area contributed by atoms with Crippen LogP contribution in [0.15, 0.2) is 30.3 Å². The number of rotatable bonds is 7. The van der Waals surface area contributed by atoms with Gasteiger partial charge in [-0.05, 0) is 24.3 Å². The average Bonchev–Trinajstić information content (AvgIpc) is 3.21. The summed E-state index contributed by atoms with van der Waals surface area (Å²) in [6, 6.07) is 9.91. The molecule has 0 bridgehead atoms. The fourth-order valence-electron chi connectivity index (χ4n) is 2.06. The zero-order valence-corrected chi connectivity index (χ0v) is 10.8. The van der Waals surface area contributed by atoms with E-state index >= 15 is 0 Å². The Bertz CT molecular complexity index is 373. The van der Waals surface area contributed by atoms with Crippen LogP contribution in [-0.2, 0) is 4.79 Å². The molecule has 3 nitrogen and oxygen atoms in total. The van der Waals surface area contributed by atoms with E-state index in [9.17, 15) is 4.79 Å². The first-order valence-corrected chi connectivity index (χ1v) is 6.83. The lowest BCUT2D eigenvalue weighted by atomic mass is 10.0. The van der Waals surface area contributed by atoms with Crippen LogP contribution in [-0.4, -0.2) is 12.5 Å². The molecule has 1 atom stereocenters. The van der Waals surface area contributed by atoms with E-state index in [1.165, 1.54) is 12.8 Å². The topological polar surface area (TPSA) is 55.1 Å². The van der Waals surface area contributed by atoms with Gasteiger partial charge in [0.1, 0.15) is 0 Å². The minimum Gasteiger partial charge on any atom is -0.356 e. The summed E-state index contributed by atoms with van der Waals surface area (Å²) in [5, 5.41) is 2.97. The molecule has 1 aliphatic rings. The molecule has 0 aliphatic heterocycles. The molecule has 98 valence electrons. The Morgan fingerprint density at radius 1 is 1.33 bits per heavy atom. The number of benzene rings is 1. The Labute approximate surface area is 109 Å². The minimum atomic E-state index is -0.0413. The molecule has 1 saturated carbocycles. The first-order valence-electron chi connectivity index (χ1n) is 6.83. The van der Waals surface area contributed by atoms with Crippen molar-refractivity contribution in [3.05, 3.63) is 35.9 Å². The number of carbonyl (C=O) groups excluding carboxylic acids is 1. The molecular weight excluding hydrogens is 224 g/mol. The molecule has 1 amide bonds. The van der Waals surface area contributed by atoms with Crippen molar-refractivity contribution in [2.24, 2.45) is 11.7 Å². The van der Waals surface area contributed by atoms with Gasteiger partial charge < -0.3 is 11.1 Å². The van der Waals surface area contributed by atoms with Gasteiger partial charge in [-0.1, -0.05) is 43.2 Å². The number of hydrogen-bond acceptors (Lipinski definition) is 2. The zero-order chi connectivity index (χ0) is 12.8. The average molecular weight is 246 g/mol. The lowest BCUT2D eigenvalue weighted by molar-refractivity contribution is -0.121. The van der Waals surface area contributed by atoms with Crippen molar-refractivity contribution in [1.29, 1.82) is 0 Å². The van der Waals surface area contributed by atoms with Crippen molar-refractivity contribution in [2.45, 2.75) is 38.1 Å². The SMILES string of the molecule is NC(CCC(=O)NCCC1CC1)c1ccccc1. The van der Waals surface area contributed by atoms with Crippen molar-refractivity contribution in [3.8, 4) is 0 Å². The first kappa shape index (κ1) is 13.1. The Morgan fingerprint density at radius 2 is 2.06 bits per heavy atom. The van der Waals surface area contributed by atoms with Gasteiger partial charge in [0.25, 0.3) is 0 Å². The standard InChI is InChI=1S/C15H22N2O/c16-14(13-4-2-1-3-5-13)8-9-15(18)17-11-10-12-6-7-12/h1-5,12,14H,6-11,16H2,(H,17,18). The Kier molecular flexibility index (Phi) is 4.76. The molecule has 1 aromatic carbocycles. The molecule has 1 fully saturated rings. The molecule has 0 radical (unpaired) electrons. The van der Waals surface area contributed by atoms with Gasteiger partial charge in [0, 0.05) is 19.0 Å². The molecule has 1 aliphatic carbocycles. The van der Waals surface area contributed by atoms with E-state index in [1.54, 1.807) is 0 Å². The second kappa shape index (κ2) is 6.55. The van der Waals surface area contributed by atoms with Crippen LogP contribution < -0.4 is 11.1 Å². The van der Waals surface area contributed by atoms with Crippen LogP contribution >= 0.6 is 0 Å². The van der Waals surface area contributed by atoms with Gasteiger partial charge in [-0.15, -0.1) is 0 Å². The lowest BCUT2D eigenvalue weighted by Crippen LogP contribution is -2.25. The smallest absolute Gasteiger partial charge is 0.220 e. The van der Waals surface area contributed by atoms with Crippen molar-refractivity contribution in [2.75, 3.05) is 6.54 Å². The maximum atomic E-state index is 11.6. The highest BCUT2D eigenvalue weighted by Crippen LogP contribution is 2.31. The molecule has 0 spiro atoms. The molecule has 3 N–H and O–H groups in total. The monoisotopic (exact) mass is 246 g/mol. The first-order chi connectivity index (χ1) is 8.75. The number of nitrogens with one attached hydrogen (secondary N) is 1. The summed E-state index contributed by atoms with van der Waals surface area (Å²) in [4.78, 5) is 11.6. The predicted octanol–water partition coefficient (Wildman–Crippen LogP) is 2.38. The second-order valence-electron chi connectivity index (χ2n) is 5.14. The second-order valence-corrected chi connectivity index (χ2v) is 5.14. The number of nitrogens with two attached hydrogens (primary N) is 1. The van der Waals surface area contributed by atoms with Crippen LogP contribution in [0.25, 0.3) is 0 Å². The van der Waals surface area contributed by atoms with E-state index in [0.29, 0.717) is 12.8 Å². The maximum absolute atomic E-state index is 11.6. The molecule has 0 aromatic heterocycles. The normalized spacial score (nSPS) is 16.3. The van der Waals surface area contributed by atoms with E-state index in [2.05, 4.69) is 5.32 Å². The van der Waals surface area contributed by atoms with E-state index < -0.39 is 0 Å². The summed E-state index contributed by atoms with van der Waals surface area (Å²) < 4.78 is 0. The van der Waals surface area contributed by atoms with Crippen molar-refractivity contribution in [1.82, 2.24) is 5.32 Å². The van der Waals surface area contributed by atoms with Crippen LogP contribution in [0, 0.1) is 5.92 Å². The van der Waals surface area contributed by atoms with Crippen molar-refractivity contribution in [3.63, 3.8) is 0 Å². The summed E-state index contributed by atoms with van der Waals surface area (Å²) >= 11 is 0. The highest BCUT2D eigenvalue weighted by atomic mass is 16.1. The van der Waals surface area contributed by atoms with E-state index in [1.807, 2.05) is 30.3 Å². The fourth-order valence-corrected chi connectivity index (χ4v) is 2.06. The zero-order valence-electron chi connectivity index (χ0n) is 10.8. The van der Waals surface area contributed by atoms with Crippen LogP contribution in [0.1, 0.15) is 43.7 Å². The summed E-state index contributed by atoms with van der Waals surface area (Å²) in [6.45, 7) is 0.823. The Hall–Kier alpha value is -1.35. The van der Waals surface area contributed by atoms with Gasteiger partial charge in [-0.3, -0.25) is 4.79 Å². The maximum Gasteiger partial charge on any atom is 0.220 e. The van der Waals surface area contributed by atoms with Gasteiger partial charge in [-0.25, -0.2) is 0 Å². The lowest BCUT2D eigenvalue weighted by Gasteiger charge is -2.11. The summed E-state index contributed by atoms with van der Waals surface area (Å²) in [7, 11) is 0. The summed E-state index contributed by atoms with van der Waals surface area (Å²) in [5.74, 6) is 0.999. The Balaban J connectivity index is 1.62. The predicted molar refractivity (Wildman–Crippen MR) is 73.0 cm³/mol. The van der Waals surface area contributed by atoms with Gasteiger partial charge in [0.2, 0.25) is 5.91 Å². The molecule has 1 aromatic rings. The quantitative estimate of drug-likeness (QED) is 0.776. The third kappa shape index (κ3) is 4.49. The van der Waals surface area contributed by atoms with Crippen molar-refractivity contribution < 1.29 is 4.79 Å². The molecule has 18 heavy (non-hydrogen) atoms. The highest BCUT2D eigenvalue weighted by Gasteiger charge is 2.20. The molecular formula is C15H22N2O. The highest BCUT2D eigenvalue weighted by molar-refractivity contribution is 5.75. The van der Waals surface area contributed by atoms with Crippen LogP contribution in [0.2, 0.25) is 0 Å². The largest absolute Gasteiger partial charge is 0.356 e. The van der Waals surface area contributed by atoms with Gasteiger partial charge in [-0.2, -0.15) is 0 Å². The van der Waals surface area contributed by atoms with E-state index in [4.69, 9.17) is 5.73 Å². The number of carbonyl (C=O) groups is 1. The number of hydrogen-bond donors (Lipinski definition) is 2. The Morgan fingerprint density at radius 3 is 2.72 bits per heavy atom. The summed E-state index contributed by atoms with van der Waals surface area (Å²) in [5.41, 5.74) is 7.15. The molecule has 1 unspecified atom stereocenters. The van der Waals surface area contributed by atoms with Crippen LogP contribution in [0.3, 0.4) is 0 Å². The third-order valence-electron chi connectivity index (χ3n) is 3.48. The van der Waals surface area contributed by atoms with Gasteiger partial charge in [0.05, 0.1) is 0 Å². The van der Waals surface area contributed by atoms with Crippen LogP contribution in [0.4, 0.5) is 0 Å². The third-order valence-corrected chi connectivity index (χ3v) is 3.48.